The molecule has 1 aliphatic rings. The second kappa shape index (κ2) is 7.43. The Morgan fingerprint density at radius 1 is 1.39 bits per heavy atom. The summed E-state index contributed by atoms with van der Waals surface area (Å²) < 4.78 is 0. The summed E-state index contributed by atoms with van der Waals surface area (Å²) in [5, 5.41) is 9.28. The molecule has 4 nitrogen and oxygen atoms in total. The lowest BCUT2D eigenvalue weighted by Gasteiger charge is -2.35. The fourth-order valence-electron chi connectivity index (χ4n) is 2.67. The Kier molecular flexibility index (Phi) is 6.57. The predicted molar refractivity (Wildman–Crippen MR) is 76.7 cm³/mol. The van der Waals surface area contributed by atoms with Crippen molar-refractivity contribution in [3.8, 4) is 0 Å². The maximum atomic E-state index is 9.28. The molecule has 0 bridgehead atoms. The first-order chi connectivity index (χ1) is 8.50. The van der Waals surface area contributed by atoms with Crippen LogP contribution in [-0.2, 0) is 0 Å². The van der Waals surface area contributed by atoms with Crippen molar-refractivity contribution < 1.29 is 5.11 Å². The smallest absolute Gasteiger partial charge is 0.0611 e. The number of hydrogen-bond acceptors (Lipinski definition) is 4. The Balaban J connectivity index is 2.22. The van der Waals surface area contributed by atoms with Gasteiger partial charge in [0.2, 0.25) is 0 Å². The fraction of sp³-hybridized carbons (Fsp3) is 1.00. The SMILES string of the molecule is CCC(N)(CO)CCCN(C)C1CCN(C)CC1. The lowest BCUT2D eigenvalue weighted by Crippen LogP contribution is -2.45. The van der Waals surface area contributed by atoms with Gasteiger partial charge in [-0.25, -0.2) is 0 Å². The monoisotopic (exact) mass is 257 g/mol. The molecule has 0 saturated carbocycles. The van der Waals surface area contributed by atoms with Gasteiger partial charge in [-0.2, -0.15) is 0 Å². The quantitative estimate of drug-likeness (QED) is 0.711. The Morgan fingerprint density at radius 2 is 2.00 bits per heavy atom. The summed E-state index contributed by atoms with van der Waals surface area (Å²) in [6.07, 6.45) is 5.38. The number of piperidine rings is 1. The molecule has 108 valence electrons. The van der Waals surface area contributed by atoms with E-state index in [2.05, 4.69) is 30.8 Å². The van der Waals surface area contributed by atoms with Gasteiger partial charge < -0.3 is 20.6 Å². The highest BCUT2D eigenvalue weighted by atomic mass is 16.3. The molecule has 1 rings (SSSR count). The molecule has 1 heterocycles. The summed E-state index contributed by atoms with van der Waals surface area (Å²) in [4.78, 5) is 4.87. The number of likely N-dealkylation sites (tertiary alicyclic amines) is 1. The topological polar surface area (TPSA) is 52.7 Å². The zero-order chi connectivity index (χ0) is 13.6. The van der Waals surface area contributed by atoms with Crippen molar-refractivity contribution in [2.45, 2.75) is 50.6 Å². The summed E-state index contributed by atoms with van der Waals surface area (Å²) in [7, 11) is 4.42. The molecule has 0 radical (unpaired) electrons. The average molecular weight is 257 g/mol. The minimum Gasteiger partial charge on any atom is -0.394 e. The van der Waals surface area contributed by atoms with Crippen molar-refractivity contribution in [3.63, 3.8) is 0 Å². The molecular weight excluding hydrogens is 226 g/mol. The number of nitrogens with zero attached hydrogens (tertiary/aromatic N) is 2. The standard InChI is InChI=1S/C14H31N3O/c1-4-14(15,12-18)8-5-9-17(3)13-6-10-16(2)11-7-13/h13,18H,4-12,15H2,1-3H3. The van der Waals surface area contributed by atoms with E-state index in [-0.39, 0.29) is 12.1 Å². The molecule has 0 aromatic rings. The van der Waals surface area contributed by atoms with Gasteiger partial charge in [-0.3, -0.25) is 0 Å². The predicted octanol–water partition coefficient (Wildman–Crippen LogP) is 0.892. The van der Waals surface area contributed by atoms with Crippen molar-refractivity contribution in [3.05, 3.63) is 0 Å². The van der Waals surface area contributed by atoms with Crippen LogP contribution in [0.15, 0.2) is 0 Å². The van der Waals surface area contributed by atoms with E-state index < -0.39 is 0 Å². The fourth-order valence-corrected chi connectivity index (χ4v) is 2.67. The third-order valence-electron chi connectivity index (χ3n) is 4.52. The van der Waals surface area contributed by atoms with E-state index in [1.807, 2.05) is 0 Å². The second-order valence-electron chi connectivity index (χ2n) is 5.99. The van der Waals surface area contributed by atoms with Crippen LogP contribution in [0, 0.1) is 0 Å². The summed E-state index contributed by atoms with van der Waals surface area (Å²) in [6, 6.07) is 0.726. The maximum Gasteiger partial charge on any atom is 0.0611 e. The zero-order valence-electron chi connectivity index (χ0n) is 12.4. The first-order valence-corrected chi connectivity index (χ1v) is 7.29. The number of hydrogen-bond donors (Lipinski definition) is 2. The molecule has 3 N–H and O–H groups in total. The van der Waals surface area contributed by atoms with Crippen molar-refractivity contribution >= 4 is 0 Å². The van der Waals surface area contributed by atoms with Gasteiger partial charge in [-0.1, -0.05) is 6.92 Å². The Bertz CT molecular complexity index is 223. The lowest BCUT2D eigenvalue weighted by atomic mass is 9.92. The highest BCUT2D eigenvalue weighted by Gasteiger charge is 2.23. The maximum absolute atomic E-state index is 9.28. The van der Waals surface area contributed by atoms with E-state index in [0.717, 1.165) is 31.8 Å². The second-order valence-corrected chi connectivity index (χ2v) is 5.99. The lowest BCUT2D eigenvalue weighted by molar-refractivity contribution is 0.133. The first kappa shape index (κ1) is 15.9. The molecule has 0 aromatic carbocycles. The van der Waals surface area contributed by atoms with Gasteiger partial charge in [0.15, 0.2) is 0 Å². The molecule has 0 amide bonds. The highest BCUT2D eigenvalue weighted by molar-refractivity contribution is 4.83. The van der Waals surface area contributed by atoms with Gasteiger partial charge in [0, 0.05) is 11.6 Å². The van der Waals surface area contributed by atoms with Crippen molar-refractivity contribution in [1.29, 1.82) is 0 Å². The molecule has 1 fully saturated rings. The van der Waals surface area contributed by atoms with Crippen LogP contribution in [0.2, 0.25) is 0 Å². The van der Waals surface area contributed by atoms with Crippen LogP contribution >= 0.6 is 0 Å². The van der Waals surface area contributed by atoms with Crippen LogP contribution in [0.4, 0.5) is 0 Å². The summed E-state index contributed by atoms with van der Waals surface area (Å²) >= 11 is 0. The molecule has 1 unspecified atom stereocenters. The van der Waals surface area contributed by atoms with Gasteiger partial charge in [-0.05, 0) is 65.8 Å². The largest absolute Gasteiger partial charge is 0.394 e. The van der Waals surface area contributed by atoms with Gasteiger partial charge in [-0.15, -0.1) is 0 Å². The molecule has 0 aliphatic carbocycles. The van der Waals surface area contributed by atoms with E-state index in [4.69, 9.17) is 5.73 Å². The van der Waals surface area contributed by atoms with Crippen LogP contribution in [0.25, 0.3) is 0 Å². The minimum atomic E-state index is -0.367. The normalized spacial score (nSPS) is 22.3. The molecule has 1 atom stereocenters. The highest BCUT2D eigenvalue weighted by Crippen LogP contribution is 2.17. The van der Waals surface area contributed by atoms with Gasteiger partial charge in [0.25, 0.3) is 0 Å². The zero-order valence-corrected chi connectivity index (χ0v) is 12.4. The number of aliphatic hydroxyl groups is 1. The van der Waals surface area contributed by atoms with Crippen molar-refractivity contribution in [2.75, 3.05) is 40.3 Å². The Labute approximate surface area is 112 Å². The summed E-state index contributed by atoms with van der Waals surface area (Å²) in [5.41, 5.74) is 5.74. The average Bonchev–Trinajstić information content (AvgIpc) is 2.39. The summed E-state index contributed by atoms with van der Waals surface area (Å²) in [6.45, 7) is 5.66. The Hall–Kier alpha value is -0.160. The van der Waals surface area contributed by atoms with Crippen molar-refractivity contribution in [1.82, 2.24) is 9.80 Å². The third kappa shape index (κ3) is 4.84. The van der Waals surface area contributed by atoms with Crippen molar-refractivity contribution in [2.24, 2.45) is 5.73 Å². The molecule has 4 heteroatoms. The number of aliphatic hydroxyl groups excluding tert-OH is 1. The minimum absolute atomic E-state index is 0.0986. The van der Waals surface area contributed by atoms with Crippen LogP contribution in [0.3, 0.4) is 0 Å². The van der Waals surface area contributed by atoms with Gasteiger partial charge >= 0.3 is 0 Å². The van der Waals surface area contributed by atoms with E-state index in [1.165, 1.54) is 25.9 Å². The molecule has 0 spiro atoms. The molecule has 1 aliphatic heterocycles. The van der Waals surface area contributed by atoms with Crippen LogP contribution in [0.1, 0.15) is 39.0 Å². The molecular formula is C14H31N3O. The third-order valence-corrected chi connectivity index (χ3v) is 4.52. The Morgan fingerprint density at radius 3 is 2.50 bits per heavy atom. The van der Waals surface area contributed by atoms with Crippen LogP contribution < -0.4 is 5.73 Å². The van der Waals surface area contributed by atoms with Gasteiger partial charge in [0.1, 0.15) is 0 Å². The summed E-state index contributed by atoms with van der Waals surface area (Å²) in [5.74, 6) is 0. The van der Waals surface area contributed by atoms with E-state index >= 15 is 0 Å². The first-order valence-electron chi connectivity index (χ1n) is 7.29. The number of nitrogens with two attached hydrogens (primary N) is 1. The molecule has 0 aromatic heterocycles. The van der Waals surface area contributed by atoms with E-state index in [0.29, 0.717) is 0 Å². The van der Waals surface area contributed by atoms with Crippen LogP contribution in [-0.4, -0.2) is 66.8 Å². The van der Waals surface area contributed by atoms with E-state index in [1.54, 1.807) is 0 Å². The van der Waals surface area contributed by atoms with Crippen LogP contribution in [0.5, 0.6) is 0 Å². The molecule has 18 heavy (non-hydrogen) atoms. The van der Waals surface area contributed by atoms with Gasteiger partial charge in [0.05, 0.1) is 6.61 Å². The molecule has 1 saturated heterocycles. The number of rotatable bonds is 7. The van der Waals surface area contributed by atoms with E-state index in [9.17, 15) is 5.11 Å².